The van der Waals surface area contributed by atoms with Crippen LogP contribution in [-0.2, 0) is 9.53 Å². The Hall–Kier alpha value is -3.89. The summed E-state index contributed by atoms with van der Waals surface area (Å²) in [4.78, 5) is 27.2. The maximum absolute atomic E-state index is 12.9. The van der Waals surface area contributed by atoms with E-state index in [1.807, 2.05) is 18.7 Å². The van der Waals surface area contributed by atoms with Gasteiger partial charge in [-0.2, -0.15) is 0 Å². The maximum Gasteiger partial charge on any atom is 0.274 e. The van der Waals surface area contributed by atoms with Gasteiger partial charge in [0.25, 0.3) is 5.91 Å². The largest absolute Gasteiger partial charge is 0.508 e. The Morgan fingerprint density at radius 1 is 1.11 bits per heavy atom. The lowest BCUT2D eigenvalue weighted by atomic mass is 9.93. The van der Waals surface area contributed by atoms with Crippen LogP contribution in [0, 0.1) is 0 Å². The molecule has 0 aliphatic carbocycles. The summed E-state index contributed by atoms with van der Waals surface area (Å²) in [6.07, 6.45) is 0. The van der Waals surface area contributed by atoms with Crippen LogP contribution in [0.3, 0.4) is 0 Å². The van der Waals surface area contributed by atoms with Crippen LogP contribution in [0.2, 0.25) is 0 Å². The summed E-state index contributed by atoms with van der Waals surface area (Å²) >= 11 is 0. The molecule has 196 valence electrons. The minimum absolute atomic E-state index is 0.0289. The van der Waals surface area contributed by atoms with E-state index in [-0.39, 0.29) is 28.9 Å². The summed E-state index contributed by atoms with van der Waals surface area (Å²) in [6, 6.07) is 9.39. The molecular formula is C27H32N4O6. The summed E-state index contributed by atoms with van der Waals surface area (Å²) < 4.78 is 11.0. The van der Waals surface area contributed by atoms with Crippen LogP contribution in [0.15, 0.2) is 40.9 Å². The molecule has 0 bridgehead atoms. The molecule has 5 N–H and O–H groups in total. The normalized spacial score (nSPS) is 15.0. The van der Waals surface area contributed by atoms with E-state index in [2.05, 4.69) is 10.5 Å². The number of benzene rings is 2. The number of primary amides is 1. The van der Waals surface area contributed by atoms with Crippen molar-refractivity contribution in [2.45, 2.75) is 32.7 Å². The smallest absolute Gasteiger partial charge is 0.274 e. The van der Waals surface area contributed by atoms with Gasteiger partial charge < -0.3 is 30.5 Å². The average Bonchev–Trinajstić information content (AvgIpc) is 3.30. The topological polar surface area (TPSA) is 151 Å². The Kier molecular flexibility index (Phi) is 7.80. The van der Waals surface area contributed by atoms with Crippen molar-refractivity contribution in [3.05, 3.63) is 53.2 Å². The molecule has 0 saturated carbocycles. The second-order valence-electron chi connectivity index (χ2n) is 9.25. The predicted molar refractivity (Wildman–Crippen MR) is 137 cm³/mol. The van der Waals surface area contributed by atoms with Gasteiger partial charge in [-0.05, 0) is 35.6 Å². The van der Waals surface area contributed by atoms with E-state index in [0.717, 1.165) is 0 Å². The van der Waals surface area contributed by atoms with Crippen molar-refractivity contribution in [1.82, 2.24) is 15.4 Å². The number of carbonyl (C=O) groups is 2. The van der Waals surface area contributed by atoms with Gasteiger partial charge in [-0.15, -0.1) is 0 Å². The molecule has 1 atom stereocenters. The van der Waals surface area contributed by atoms with Crippen molar-refractivity contribution >= 4 is 11.8 Å². The molecule has 1 aliphatic rings. The highest BCUT2D eigenvalue weighted by molar-refractivity contribution is 6.02. The lowest BCUT2D eigenvalue weighted by Gasteiger charge is -2.32. The summed E-state index contributed by atoms with van der Waals surface area (Å²) in [5, 5.41) is 27.7. The number of nitrogens with zero attached hydrogens (tertiary/aromatic N) is 2. The third-order valence-corrected chi connectivity index (χ3v) is 6.45. The van der Waals surface area contributed by atoms with E-state index in [4.69, 9.17) is 15.0 Å². The first-order valence-electron chi connectivity index (χ1n) is 12.3. The number of amides is 2. The molecule has 0 spiro atoms. The zero-order valence-electron chi connectivity index (χ0n) is 21.2. The van der Waals surface area contributed by atoms with Gasteiger partial charge in [0.15, 0.2) is 11.5 Å². The van der Waals surface area contributed by atoms with Crippen molar-refractivity contribution in [3.63, 3.8) is 0 Å². The molecule has 37 heavy (non-hydrogen) atoms. The van der Waals surface area contributed by atoms with Crippen LogP contribution in [0.25, 0.3) is 22.5 Å². The van der Waals surface area contributed by atoms with E-state index in [1.54, 1.807) is 37.3 Å². The van der Waals surface area contributed by atoms with Crippen LogP contribution in [0.1, 0.15) is 54.3 Å². The second kappa shape index (κ2) is 11.0. The van der Waals surface area contributed by atoms with Crippen molar-refractivity contribution in [2.24, 2.45) is 5.73 Å². The van der Waals surface area contributed by atoms with Crippen LogP contribution in [-0.4, -0.2) is 64.9 Å². The van der Waals surface area contributed by atoms with E-state index in [0.29, 0.717) is 60.7 Å². The van der Waals surface area contributed by atoms with E-state index < -0.39 is 17.9 Å². The number of hydrogen-bond acceptors (Lipinski definition) is 8. The first-order chi connectivity index (χ1) is 17.7. The molecular weight excluding hydrogens is 476 g/mol. The van der Waals surface area contributed by atoms with Gasteiger partial charge in [0.1, 0.15) is 17.5 Å². The molecule has 3 aromatic rings. The molecule has 10 nitrogen and oxygen atoms in total. The third-order valence-electron chi connectivity index (χ3n) is 6.45. The summed E-state index contributed by atoms with van der Waals surface area (Å²) in [6.45, 7) is 8.24. The second-order valence-corrected chi connectivity index (χ2v) is 9.25. The third kappa shape index (κ3) is 5.30. The summed E-state index contributed by atoms with van der Waals surface area (Å²) in [7, 11) is 0. The molecule has 4 rings (SSSR count). The Balaban J connectivity index is 1.82. The highest BCUT2D eigenvalue weighted by Crippen LogP contribution is 2.43. The van der Waals surface area contributed by atoms with Crippen molar-refractivity contribution in [2.75, 3.05) is 32.8 Å². The van der Waals surface area contributed by atoms with E-state index >= 15 is 0 Å². The lowest BCUT2D eigenvalue weighted by molar-refractivity contribution is -0.125. The molecule has 1 fully saturated rings. The van der Waals surface area contributed by atoms with Crippen LogP contribution >= 0.6 is 0 Å². The molecule has 10 heteroatoms. The predicted octanol–water partition coefficient (Wildman–Crippen LogP) is 3.15. The van der Waals surface area contributed by atoms with Crippen LogP contribution < -0.4 is 11.1 Å². The van der Waals surface area contributed by atoms with Crippen molar-refractivity contribution in [1.29, 1.82) is 0 Å². The minimum atomic E-state index is -0.613. The first-order valence-corrected chi connectivity index (χ1v) is 12.3. The quantitative estimate of drug-likeness (QED) is 0.362. The molecule has 0 radical (unpaired) electrons. The molecule has 2 aromatic carbocycles. The van der Waals surface area contributed by atoms with E-state index in [1.165, 1.54) is 6.07 Å². The highest BCUT2D eigenvalue weighted by atomic mass is 16.5. The fraction of sp³-hybridized carbons (Fsp3) is 0.370. The Morgan fingerprint density at radius 3 is 2.38 bits per heavy atom. The summed E-state index contributed by atoms with van der Waals surface area (Å²) in [5.41, 5.74) is 8.42. The number of ether oxygens (including phenoxy) is 1. The summed E-state index contributed by atoms with van der Waals surface area (Å²) in [5.74, 6) is -0.974. The van der Waals surface area contributed by atoms with Gasteiger partial charge in [-0.3, -0.25) is 14.5 Å². The highest BCUT2D eigenvalue weighted by Gasteiger charge is 2.29. The molecule has 1 unspecified atom stereocenters. The standard InChI is InChI=1S/C27H32N4O6/c1-4-29-27(35)23-22(25(37-30-23)19-13-18(15(2)3)20(32)14-21(19)33)16-5-7-17(8-6-16)24(26(28)34)31-9-11-36-12-10-31/h5-8,13-15,24,32-33H,4,9-12H2,1-3H3,(H2,28,34)(H,29,35). The van der Waals surface area contributed by atoms with Gasteiger partial charge in [-0.25, -0.2) is 0 Å². The number of rotatable bonds is 8. The first kappa shape index (κ1) is 26.2. The SMILES string of the molecule is CCNC(=O)c1noc(-c2cc(C(C)C)c(O)cc2O)c1-c1ccc(C(C(N)=O)N2CCOCC2)cc1. The van der Waals surface area contributed by atoms with Gasteiger partial charge in [0, 0.05) is 25.7 Å². The number of morpholine rings is 1. The van der Waals surface area contributed by atoms with Crippen LogP contribution in [0.5, 0.6) is 11.5 Å². The number of nitrogens with one attached hydrogen (secondary N) is 1. The minimum Gasteiger partial charge on any atom is -0.508 e. The van der Waals surface area contributed by atoms with Crippen molar-refractivity contribution < 1.29 is 29.1 Å². The van der Waals surface area contributed by atoms with Gasteiger partial charge >= 0.3 is 0 Å². The number of carbonyl (C=O) groups excluding carboxylic acids is 2. The number of hydrogen-bond donors (Lipinski definition) is 4. The zero-order chi connectivity index (χ0) is 26.7. The van der Waals surface area contributed by atoms with Gasteiger partial charge in [0.05, 0.1) is 24.3 Å². The van der Waals surface area contributed by atoms with Gasteiger partial charge in [-0.1, -0.05) is 43.3 Å². The Morgan fingerprint density at radius 2 is 1.78 bits per heavy atom. The zero-order valence-corrected chi connectivity index (χ0v) is 21.2. The average molecular weight is 509 g/mol. The number of aromatic nitrogens is 1. The molecule has 1 saturated heterocycles. The fourth-order valence-corrected chi connectivity index (χ4v) is 4.60. The molecule has 2 amide bonds. The maximum atomic E-state index is 12.9. The molecule has 2 heterocycles. The number of phenolic OH excluding ortho intramolecular Hbond substituents is 2. The number of nitrogens with two attached hydrogens (primary N) is 1. The Labute approximate surface area is 215 Å². The Bertz CT molecular complexity index is 1280. The van der Waals surface area contributed by atoms with E-state index in [9.17, 15) is 19.8 Å². The van der Waals surface area contributed by atoms with Gasteiger partial charge in [0.2, 0.25) is 5.91 Å². The number of phenols is 2. The van der Waals surface area contributed by atoms with Crippen LogP contribution in [0.4, 0.5) is 0 Å². The molecule has 1 aromatic heterocycles. The lowest BCUT2D eigenvalue weighted by Crippen LogP contribution is -2.44. The fourth-order valence-electron chi connectivity index (χ4n) is 4.60. The monoisotopic (exact) mass is 508 g/mol. The number of aromatic hydroxyl groups is 2. The van der Waals surface area contributed by atoms with Crippen molar-refractivity contribution in [3.8, 4) is 33.9 Å². The molecule has 1 aliphatic heterocycles.